The average molecular weight is 213 g/mol. The van der Waals surface area contributed by atoms with Crippen LogP contribution in [0.4, 0.5) is 0 Å². The van der Waals surface area contributed by atoms with Crippen molar-refractivity contribution in [1.29, 1.82) is 0 Å². The molecular formula is C6H13BrOS. The van der Waals surface area contributed by atoms with Crippen molar-refractivity contribution in [2.45, 2.75) is 19.8 Å². The molecule has 0 aromatic rings. The van der Waals surface area contributed by atoms with E-state index in [2.05, 4.69) is 22.9 Å². The van der Waals surface area contributed by atoms with Gasteiger partial charge < -0.3 is 0 Å². The number of alkyl halides is 1. The van der Waals surface area contributed by atoms with Crippen molar-refractivity contribution in [2.24, 2.45) is 0 Å². The van der Waals surface area contributed by atoms with Gasteiger partial charge in [-0.3, -0.25) is 4.21 Å². The normalized spacial score (nSPS) is 13.6. The van der Waals surface area contributed by atoms with E-state index < -0.39 is 10.8 Å². The van der Waals surface area contributed by atoms with Crippen LogP contribution in [0.25, 0.3) is 0 Å². The predicted molar refractivity (Wildman–Crippen MR) is 46.6 cm³/mol. The Morgan fingerprint density at radius 2 is 2.11 bits per heavy atom. The zero-order valence-electron chi connectivity index (χ0n) is 5.73. The Balaban J connectivity index is 3.06. The van der Waals surface area contributed by atoms with Crippen molar-refractivity contribution in [3.05, 3.63) is 0 Å². The monoisotopic (exact) mass is 212 g/mol. The van der Waals surface area contributed by atoms with Gasteiger partial charge >= 0.3 is 0 Å². The third kappa shape index (κ3) is 6.52. The summed E-state index contributed by atoms with van der Waals surface area (Å²) in [4.78, 5) is 0. The van der Waals surface area contributed by atoms with E-state index in [4.69, 9.17) is 0 Å². The van der Waals surface area contributed by atoms with Gasteiger partial charge in [0.25, 0.3) is 0 Å². The summed E-state index contributed by atoms with van der Waals surface area (Å²) in [6.45, 7) is 2.12. The van der Waals surface area contributed by atoms with Gasteiger partial charge in [-0.05, 0) is 6.42 Å². The lowest BCUT2D eigenvalue weighted by Crippen LogP contribution is -2.02. The van der Waals surface area contributed by atoms with Gasteiger partial charge in [0.1, 0.15) is 0 Å². The number of rotatable bonds is 5. The molecule has 0 saturated carbocycles. The molecule has 0 bridgehead atoms. The highest BCUT2D eigenvalue weighted by molar-refractivity contribution is 9.09. The second-order valence-electron chi connectivity index (χ2n) is 1.89. The first kappa shape index (κ1) is 9.63. The zero-order valence-corrected chi connectivity index (χ0v) is 8.13. The van der Waals surface area contributed by atoms with Gasteiger partial charge in [0.15, 0.2) is 0 Å². The maximum absolute atomic E-state index is 10.9. The van der Waals surface area contributed by atoms with E-state index >= 15 is 0 Å². The Kier molecular flexibility index (Phi) is 7.22. The smallest absolute Gasteiger partial charge is 0.0332 e. The Hall–Kier alpha value is 0.630. The van der Waals surface area contributed by atoms with E-state index in [-0.39, 0.29) is 0 Å². The van der Waals surface area contributed by atoms with Crippen LogP contribution in [0, 0.1) is 0 Å². The van der Waals surface area contributed by atoms with E-state index in [1.165, 1.54) is 0 Å². The lowest BCUT2D eigenvalue weighted by atomic mass is 10.4. The third-order valence-corrected chi connectivity index (χ3v) is 3.36. The summed E-state index contributed by atoms with van der Waals surface area (Å²) < 4.78 is 10.9. The molecule has 0 spiro atoms. The predicted octanol–water partition coefficient (Wildman–Crippen LogP) is 1.93. The summed E-state index contributed by atoms with van der Waals surface area (Å²) >= 11 is 3.25. The Morgan fingerprint density at radius 3 is 2.56 bits per heavy atom. The van der Waals surface area contributed by atoms with Gasteiger partial charge in [-0.15, -0.1) is 0 Å². The van der Waals surface area contributed by atoms with E-state index in [1.807, 2.05) is 0 Å². The molecule has 0 saturated heterocycles. The first-order chi connectivity index (χ1) is 4.31. The molecule has 0 N–H and O–H groups in total. The van der Waals surface area contributed by atoms with Crippen LogP contribution in [0.3, 0.4) is 0 Å². The molecule has 9 heavy (non-hydrogen) atoms. The topological polar surface area (TPSA) is 17.1 Å². The van der Waals surface area contributed by atoms with Crippen LogP contribution >= 0.6 is 15.9 Å². The molecule has 0 aliphatic carbocycles. The summed E-state index contributed by atoms with van der Waals surface area (Å²) in [6, 6.07) is 0. The Bertz CT molecular complexity index is 85.1. The zero-order chi connectivity index (χ0) is 7.11. The summed E-state index contributed by atoms with van der Waals surface area (Å²) in [6.07, 6.45) is 2.24. The number of hydrogen-bond donors (Lipinski definition) is 0. The number of unbranched alkanes of at least 4 members (excludes halogenated alkanes) is 1. The number of hydrogen-bond acceptors (Lipinski definition) is 1. The maximum Gasteiger partial charge on any atom is 0.0332 e. The molecular weight excluding hydrogens is 200 g/mol. The van der Waals surface area contributed by atoms with Gasteiger partial charge in [-0.2, -0.15) is 0 Å². The van der Waals surface area contributed by atoms with Crippen molar-refractivity contribution < 1.29 is 4.21 Å². The second kappa shape index (κ2) is 6.75. The van der Waals surface area contributed by atoms with Gasteiger partial charge in [-0.1, -0.05) is 29.3 Å². The molecule has 0 aromatic heterocycles. The van der Waals surface area contributed by atoms with Crippen molar-refractivity contribution in [3.8, 4) is 0 Å². The minimum Gasteiger partial charge on any atom is -0.260 e. The summed E-state index contributed by atoms with van der Waals surface area (Å²) in [5, 5.41) is 0.864. The molecule has 56 valence electrons. The van der Waals surface area contributed by atoms with E-state index in [0.29, 0.717) is 0 Å². The molecule has 0 fully saturated rings. The SMILES string of the molecule is CCCCS(=O)CCBr. The molecule has 0 aliphatic heterocycles. The second-order valence-corrected chi connectivity index (χ2v) is 4.38. The maximum atomic E-state index is 10.9. The average Bonchev–Trinajstić information content (AvgIpc) is 1.85. The highest BCUT2D eigenvalue weighted by Gasteiger charge is 1.94. The van der Waals surface area contributed by atoms with Crippen molar-refractivity contribution in [3.63, 3.8) is 0 Å². The molecule has 0 aromatic carbocycles. The minimum atomic E-state index is -0.567. The lowest BCUT2D eigenvalue weighted by Gasteiger charge is -1.95. The van der Waals surface area contributed by atoms with E-state index in [9.17, 15) is 4.21 Å². The lowest BCUT2D eigenvalue weighted by molar-refractivity contribution is 0.680. The first-order valence-electron chi connectivity index (χ1n) is 3.22. The molecule has 0 radical (unpaired) electrons. The van der Waals surface area contributed by atoms with Gasteiger partial charge in [-0.25, -0.2) is 0 Å². The van der Waals surface area contributed by atoms with Crippen LogP contribution in [-0.4, -0.2) is 21.0 Å². The third-order valence-electron chi connectivity index (χ3n) is 1.03. The quantitative estimate of drug-likeness (QED) is 0.638. The largest absolute Gasteiger partial charge is 0.260 e. The fourth-order valence-corrected chi connectivity index (χ4v) is 2.56. The molecule has 1 unspecified atom stereocenters. The van der Waals surface area contributed by atoms with Crippen LogP contribution in [0.2, 0.25) is 0 Å². The molecule has 0 rings (SSSR count). The Morgan fingerprint density at radius 1 is 1.44 bits per heavy atom. The van der Waals surface area contributed by atoms with Crippen molar-refractivity contribution in [2.75, 3.05) is 16.8 Å². The molecule has 1 nitrogen and oxygen atoms in total. The molecule has 0 heterocycles. The highest BCUT2D eigenvalue weighted by atomic mass is 79.9. The van der Waals surface area contributed by atoms with Gasteiger partial charge in [0.2, 0.25) is 0 Å². The Labute approximate surface area is 67.8 Å². The van der Waals surface area contributed by atoms with Crippen LogP contribution in [-0.2, 0) is 10.8 Å². The summed E-state index contributed by atoms with van der Waals surface area (Å²) in [5.41, 5.74) is 0. The molecule has 3 heteroatoms. The van der Waals surface area contributed by atoms with Crippen LogP contribution in [0.15, 0.2) is 0 Å². The van der Waals surface area contributed by atoms with Gasteiger partial charge in [0, 0.05) is 27.6 Å². The number of halogens is 1. The fraction of sp³-hybridized carbons (Fsp3) is 1.00. The van der Waals surface area contributed by atoms with E-state index in [0.717, 1.165) is 29.7 Å². The van der Waals surface area contributed by atoms with Crippen molar-refractivity contribution in [1.82, 2.24) is 0 Å². The van der Waals surface area contributed by atoms with Gasteiger partial charge in [0.05, 0.1) is 0 Å². The molecule has 0 amide bonds. The van der Waals surface area contributed by atoms with E-state index in [1.54, 1.807) is 0 Å². The first-order valence-corrected chi connectivity index (χ1v) is 5.83. The minimum absolute atomic E-state index is 0.567. The fourth-order valence-electron chi connectivity index (χ4n) is 0.493. The standard InChI is InChI=1S/C6H13BrOS/c1-2-3-5-9(8)6-4-7/h2-6H2,1H3. The highest BCUT2D eigenvalue weighted by Crippen LogP contribution is 1.93. The van der Waals surface area contributed by atoms with Crippen LogP contribution < -0.4 is 0 Å². The molecule has 0 aliphatic rings. The summed E-state index contributed by atoms with van der Waals surface area (Å²) in [5.74, 6) is 1.68. The van der Waals surface area contributed by atoms with Crippen molar-refractivity contribution >= 4 is 26.7 Å². The van der Waals surface area contributed by atoms with Crippen LogP contribution in [0.5, 0.6) is 0 Å². The summed E-state index contributed by atoms with van der Waals surface area (Å²) in [7, 11) is -0.567. The van der Waals surface area contributed by atoms with Crippen LogP contribution in [0.1, 0.15) is 19.8 Å². The molecule has 1 atom stereocenters.